The van der Waals surface area contributed by atoms with E-state index in [9.17, 15) is 4.79 Å². The first-order chi connectivity index (χ1) is 7.24. The quantitative estimate of drug-likeness (QED) is 0.790. The molecular formula is C11H13N3O. The summed E-state index contributed by atoms with van der Waals surface area (Å²) in [5.41, 5.74) is 1.12. The minimum absolute atomic E-state index is 0.216. The molecule has 1 heterocycles. The van der Waals surface area contributed by atoms with Crippen LogP contribution in [-0.4, -0.2) is 17.4 Å². The van der Waals surface area contributed by atoms with E-state index in [2.05, 4.69) is 10.3 Å². The van der Waals surface area contributed by atoms with Crippen LogP contribution < -0.4 is 5.32 Å². The third-order valence-corrected chi connectivity index (χ3v) is 2.05. The fourth-order valence-electron chi connectivity index (χ4n) is 1.09. The van der Waals surface area contributed by atoms with Crippen LogP contribution >= 0.6 is 0 Å². The van der Waals surface area contributed by atoms with Crippen LogP contribution in [0.4, 0.5) is 0 Å². The number of carbonyl (C=O) groups excluding carboxylic acids is 1. The molecule has 1 N–H and O–H groups in total. The summed E-state index contributed by atoms with van der Waals surface area (Å²) in [5.74, 6) is -0.797. The zero-order valence-electron chi connectivity index (χ0n) is 8.60. The molecule has 1 rings (SSSR count). The van der Waals surface area contributed by atoms with E-state index in [1.165, 1.54) is 0 Å². The predicted molar refractivity (Wildman–Crippen MR) is 55.7 cm³/mol. The molecule has 78 valence electrons. The van der Waals surface area contributed by atoms with E-state index in [0.717, 1.165) is 12.0 Å². The number of carbonyl (C=O) groups is 1. The number of nitrogens with zero attached hydrogens (tertiary/aromatic N) is 2. The Morgan fingerprint density at radius 3 is 2.87 bits per heavy atom. The summed E-state index contributed by atoms with van der Waals surface area (Å²) >= 11 is 0. The van der Waals surface area contributed by atoms with Gasteiger partial charge in [0.05, 0.1) is 6.07 Å². The van der Waals surface area contributed by atoms with Crippen molar-refractivity contribution < 1.29 is 4.79 Å². The number of nitriles is 1. The van der Waals surface area contributed by atoms with Crippen LogP contribution in [0.1, 0.15) is 12.5 Å². The Labute approximate surface area is 88.9 Å². The number of amides is 1. The minimum atomic E-state index is -0.581. The maximum Gasteiger partial charge on any atom is 0.237 e. The van der Waals surface area contributed by atoms with Crippen LogP contribution in [0.15, 0.2) is 24.5 Å². The molecule has 15 heavy (non-hydrogen) atoms. The van der Waals surface area contributed by atoms with Gasteiger partial charge in [0.25, 0.3) is 0 Å². The van der Waals surface area contributed by atoms with Gasteiger partial charge in [-0.3, -0.25) is 9.78 Å². The SMILES string of the molecule is CC(C#N)C(=O)NCCc1ccncc1. The molecule has 1 aromatic heterocycles. The van der Waals surface area contributed by atoms with Gasteiger partial charge in [-0.1, -0.05) is 0 Å². The highest BCUT2D eigenvalue weighted by Gasteiger charge is 2.09. The normalized spacial score (nSPS) is 11.5. The van der Waals surface area contributed by atoms with Crippen molar-refractivity contribution in [1.82, 2.24) is 10.3 Å². The first-order valence-corrected chi connectivity index (χ1v) is 4.80. The Balaban J connectivity index is 2.29. The van der Waals surface area contributed by atoms with Crippen LogP contribution in [0, 0.1) is 17.2 Å². The fourth-order valence-corrected chi connectivity index (χ4v) is 1.09. The number of hydrogen-bond donors (Lipinski definition) is 1. The van der Waals surface area contributed by atoms with Gasteiger partial charge in [0.2, 0.25) is 5.91 Å². The number of pyridine rings is 1. The molecule has 0 radical (unpaired) electrons. The molecule has 4 nitrogen and oxygen atoms in total. The molecule has 0 aliphatic heterocycles. The molecule has 1 amide bonds. The first kappa shape index (κ1) is 11.2. The summed E-state index contributed by atoms with van der Waals surface area (Å²) in [5, 5.41) is 11.2. The maximum absolute atomic E-state index is 11.2. The lowest BCUT2D eigenvalue weighted by Crippen LogP contribution is -2.30. The molecule has 0 saturated carbocycles. The highest BCUT2D eigenvalue weighted by atomic mass is 16.1. The average molecular weight is 203 g/mol. The van der Waals surface area contributed by atoms with Crippen molar-refractivity contribution in [2.24, 2.45) is 5.92 Å². The van der Waals surface area contributed by atoms with E-state index in [0.29, 0.717) is 6.54 Å². The lowest BCUT2D eigenvalue weighted by molar-refractivity contribution is -0.122. The van der Waals surface area contributed by atoms with E-state index in [-0.39, 0.29) is 5.91 Å². The third-order valence-electron chi connectivity index (χ3n) is 2.05. The van der Waals surface area contributed by atoms with Gasteiger partial charge >= 0.3 is 0 Å². The van der Waals surface area contributed by atoms with Crippen LogP contribution in [0.25, 0.3) is 0 Å². The van der Waals surface area contributed by atoms with Gasteiger partial charge in [-0.2, -0.15) is 5.26 Å². The van der Waals surface area contributed by atoms with E-state index in [1.54, 1.807) is 19.3 Å². The summed E-state index contributed by atoms with van der Waals surface area (Å²) in [6.07, 6.45) is 4.19. The van der Waals surface area contributed by atoms with Crippen LogP contribution in [0.2, 0.25) is 0 Å². The van der Waals surface area contributed by atoms with Gasteiger partial charge in [-0.25, -0.2) is 0 Å². The van der Waals surface area contributed by atoms with Gasteiger partial charge in [-0.05, 0) is 31.0 Å². The Hall–Kier alpha value is -1.89. The zero-order chi connectivity index (χ0) is 11.1. The Morgan fingerprint density at radius 2 is 2.27 bits per heavy atom. The van der Waals surface area contributed by atoms with Crippen molar-refractivity contribution in [3.63, 3.8) is 0 Å². The summed E-state index contributed by atoms with van der Waals surface area (Å²) < 4.78 is 0. The molecule has 1 aromatic rings. The Bertz CT molecular complexity index is 356. The van der Waals surface area contributed by atoms with Crippen molar-refractivity contribution in [2.45, 2.75) is 13.3 Å². The predicted octanol–water partition coefficient (Wildman–Crippen LogP) is 0.900. The minimum Gasteiger partial charge on any atom is -0.355 e. The lowest BCUT2D eigenvalue weighted by Gasteiger charge is -2.05. The van der Waals surface area contributed by atoms with Gasteiger partial charge in [0.1, 0.15) is 5.92 Å². The highest BCUT2D eigenvalue weighted by Crippen LogP contribution is 1.97. The first-order valence-electron chi connectivity index (χ1n) is 4.80. The molecule has 1 atom stereocenters. The van der Waals surface area contributed by atoms with E-state index in [1.807, 2.05) is 18.2 Å². The largest absolute Gasteiger partial charge is 0.355 e. The summed E-state index contributed by atoms with van der Waals surface area (Å²) in [6, 6.07) is 5.70. The summed E-state index contributed by atoms with van der Waals surface area (Å²) in [4.78, 5) is 15.1. The molecule has 0 aromatic carbocycles. The van der Waals surface area contributed by atoms with Gasteiger partial charge in [0.15, 0.2) is 0 Å². The third kappa shape index (κ3) is 3.77. The molecule has 0 aliphatic rings. The summed E-state index contributed by atoms with van der Waals surface area (Å²) in [7, 11) is 0. The number of aromatic nitrogens is 1. The summed E-state index contributed by atoms with van der Waals surface area (Å²) in [6.45, 7) is 2.14. The maximum atomic E-state index is 11.2. The van der Waals surface area contributed by atoms with Gasteiger partial charge in [-0.15, -0.1) is 0 Å². The lowest BCUT2D eigenvalue weighted by atomic mass is 10.1. The van der Waals surface area contributed by atoms with E-state index < -0.39 is 5.92 Å². The molecule has 0 aliphatic carbocycles. The molecule has 0 saturated heterocycles. The van der Waals surface area contributed by atoms with Crippen LogP contribution in [0.5, 0.6) is 0 Å². The van der Waals surface area contributed by atoms with Crippen molar-refractivity contribution in [3.05, 3.63) is 30.1 Å². The Kier molecular flexibility index (Phi) is 4.30. The van der Waals surface area contributed by atoms with Gasteiger partial charge in [0, 0.05) is 18.9 Å². The standard InChI is InChI=1S/C11H13N3O/c1-9(8-12)11(15)14-7-4-10-2-5-13-6-3-10/h2-3,5-6,9H,4,7H2,1H3,(H,14,15). The smallest absolute Gasteiger partial charge is 0.237 e. The zero-order valence-corrected chi connectivity index (χ0v) is 8.60. The van der Waals surface area contributed by atoms with Gasteiger partial charge < -0.3 is 5.32 Å². The second-order valence-corrected chi connectivity index (χ2v) is 3.25. The van der Waals surface area contributed by atoms with E-state index in [4.69, 9.17) is 5.26 Å². The second-order valence-electron chi connectivity index (χ2n) is 3.25. The van der Waals surface area contributed by atoms with Crippen molar-refractivity contribution in [2.75, 3.05) is 6.54 Å². The number of rotatable bonds is 4. The second kappa shape index (κ2) is 5.76. The average Bonchev–Trinajstić information content (AvgIpc) is 2.29. The van der Waals surface area contributed by atoms with Crippen molar-refractivity contribution in [3.8, 4) is 6.07 Å². The fraction of sp³-hybridized carbons (Fsp3) is 0.364. The monoisotopic (exact) mass is 203 g/mol. The molecule has 1 unspecified atom stereocenters. The molecule has 4 heteroatoms. The molecule has 0 fully saturated rings. The van der Waals surface area contributed by atoms with Crippen LogP contribution in [0.3, 0.4) is 0 Å². The van der Waals surface area contributed by atoms with Crippen molar-refractivity contribution >= 4 is 5.91 Å². The molecule has 0 bridgehead atoms. The number of nitrogens with one attached hydrogen (secondary N) is 1. The highest BCUT2D eigenvalue weighted by molar-refractivity contribution is 5.80. The van der Waals surface area contributed by atoms with E-state index >= 15 is 0 Å². The van der Waals surface area contributed by atoms with Crippen molar-refractivity contribution in [1.29, 1.82) is 5.26 Å². The topological polar surface area (TPSA) is 65.8 Å². The molecule has 0 spiro atoms. The number of hydrogen-bond acceptors (Lipinski definition) is 3. The van der Waals surface area contributed by atoms with Crippen LogP contribution in [-0.2, 0) is 11.2 Å². The molecular weight excluding hydrogens is 190 g/mol. The Morgan fingerprint density at radius 1 is 1.60 bits per heavy atom.